The number of carbonyl (C=O) groups excluding carboxylic acids is 2. The van der Waals surface area contributed by atoms with E-state index in [-0.39, 0.29) is 12.6 Å². The lowest BCUT2D eigenvalue weighted by Gasteiger charge is -2.45. The fourth-order valence-electron chi connectivity index (χ4n) is 4.05. The summed E-state index contributed by atoms with van der Waals surface area (Å²) < 4.78 is 5.62. The van der Waals surface area contributed by atoms with Crippen LogP contribution in [0.2, 0.25) is 0 Å². The van der Waals surface area contributed by atoms with Gasteiger partial charge in [-0.2, -0.15) is 0 Å². The second-order valence-electron chi connectivity index (χ2n) is 8.27. The lowest BCUT2D eigenvalue weighted by molar-refractivity contribution is -0.165. The molecule has 0 bridgehead atoms. The Hall–Kier alpha value is -2.61. The molecule has 2 aliphatic rings. The first kappa shape index (κ1) is 20.1. The van der Waals surface area contributed by atoms with E-state index in [1.54, 1.807) is 20.8 Å². The molecular formula is C20H27N3O5. The van der Waals surface area contributed by atoms with Crippen LogP contribution in [0.4, 0.5) is 5.69 Å². The third-order valence-corrected chi connectivity index (χ3v) is 5.14. The number of hydrogen-bond donors (Lipinski definition) is 2. The van der Waals surface area contributed by atoms with Gasteiger partial charge in [-0.05, 0) is 45.9 Å². The van der Waals surface area contributed by atoms with Crippen molar-refractivity contribution in [3.8, 4) is 0 Å². The molecule has 0 aromatic heterocycles. The van der Waals surface area contributed by atoms with Gasteiger partial charge in [0.15, 0.2) is 0 Å². The number of ether oxygens (including phenoxy) is 1. The Kier molecular flexibility index (Phi) is 5.34. The minimum Gasteiger partial charge on any atom is -0.480 e. The van der Waals surface area contributed by atoms with Crippen molar-refractivity contribution in [2.24, 2.45) is 5.92 Å². The molecule has 8 heteroatoms. The Labute approximate surface area is 164 Å². The molecule has 3 rings (SSSR count). The number of hydrogen-bond acceptors (Lipinski definition) is 6. The number of aliphatic carboxylic acids is 1. The molecule has 2 fully saturated rings. The Morgan fingerprint density at radius 1 is 1.29 bits per heavy atom. The minimum atomic E-state index is -1.16. The van der Waals surface area contributed by atoms with Gasteiger partial charge >= 0.3 is 11.9 Å². The van der Waals surface area contributed by atoms with Gasteiger partial charge in [-0.25, -0.2) is 0 Å². The lowest BCUT2D eigenvalue weighted by Crippen LogP contribution is -2.64. The first-order valence-electron chi connectivity index (χ1n) is 9.42. The highest BCUT2D eigenvalue weighted by molar-refractivity contribution is 5.99. The maximum Gasteiger partial charge on any atom is 0.323 e. The van der Waals surface area contributed by atoms with E-state index in [0.717, 1.165) is 5.69 Å². The number of anilines is 1. The molecule has 2 N–H and O–H groups in total. The first-order chi connectivity index (χ1) is 13.1. The fourth-order valence-corrected chi connectivity index (χ4v) is 4.05. The second kappa shape index (κ2) is 7.43. The van der Waals surface area contributed by atoms with Crippen molar-refractivity contribution >= 4 is 23.5 Å². The van der Waals surface area contributed by atoms with Gasteiger partial charge in [0.05, 0.1) is 6.67 Å². The smallest absolute Gasteiger partial charge is 0.323 e. The van der Waals surface area contributed by atoms with Crippen LogP contribution in [-0.2, 0) is 19.1 Å². The molecule has 0 radical (unpaired) electrons. The summed E-state index contributed by atoms with van der Waals surface area (Å²) in [5, 5.41) is 12.4. The number of para-hydroxylation sites is 1. The molecule has 1 aromatic rings. The molecule has 0 aliphatic carbocycles. The van der Waals surface area contributed by atoms with Crippen molar-refractivity contribution in [2.75, 3.05) is 31.2 Å². The monoisotopic (exact) mass is 389 g/mol. The van der Waals surface area contributed by atoms with E-state index in [2.05, 4.69) is 5.32 Å². The number of rotatable bonds is 4. The molecule has 1 spiro atoms. The van der Waals surface area contributed by atoms with Crippen molar-refractivity contribution in [1.82, 2.24) is 10.2 Å². The number of nitrogens with zero attached hydrogens (tertiary/aromatic N) is 2. The highest BCUT2D eigenvalue weighted by atomic mass is 16.6. The molecule has 2 heterocycles. The number of piperidine rings is 1. The zero-order valence-corrected chi connectivity index (χ0v) is 16.5. The van der Waals surface area contributed by atoms with E-state index in [1.807, 2.05) is 35.2 Å². The average Bonchev–Trinajstić information content (AvgIpc) is 2.87. The summed E-state index contributed by atoms with van der Waals surface area (Å²) in [4.78, 5) is 41.0. The predicted molar refractivity (Wildman–Crippen MR) is 103 cm³/mol. The molecule has 0 unspecified atom stereocenters. The van der Waals surface area contributed by atoms with E-state index >= 15 is 0 Å². The zero-order valence-electron chi connectivity index (χ0n) is 16.5. The number of carboxylic acid groups (broad SMARTS) is 1. The maximum absolute atomic E-state index is 13.5. The Balaban J connectivity index is 2.05. The molecule has 1 aromatic carbocycles. The highest BCUT2D eigenvalue weighted by Gasteiger charge is 2.61. The van der Waals surface area contributed by atoms with Crippen molar-refractivity contribution < 1.29 is 24.2 Å². The highest BCUT2D eigenvalue weighted by Crippen LogP contribution is 2.42. The largest absolute Gasteiger partial charge is 0.480 e. The Bertz CT molecular complexity index is 761. The Morgan fingerprint density at radius 3 is 2.57 bits per heavy atom. The summed E-state index contributed by atoms with van der Waals surface area (Å²) in [6.45, 7) is 5.93. The van der Waals surface area contributed by atoms with Crippen LogP contribution in [-0.4, -0.2) is 65.3 Å². The van der Waals surface area contributed by atoms with Gasteiger partial charge in [-0.15, -0.1) is 0 Å². The van der Waals surface area contributed by atoms with E-state index in [4.69, 9.17) is 4.74 Å². The van der Waals surface area contributed by atoms with Crippen LogP contribution in [0.15, 0.2) is 30.3 Å². The number of benzene rings is 1. The van der Waals surface area contributed by atoms with Gasteiger partial charge in [0.2, 0.25) is 0 Å². The summed E-state index contributed by atoms with van der Waals surface area (Å²) >= 11 is 0. The maximum atomic E-state index is 13.5. The third kappa shape index (κ3) is 3.69. The summed E-state index contributed by atoms with van der Waals surface area (Å²) in [7, 11) is 0. The summed E-state index contributed by atoms with van der Waals surface area (Å²) in [6.07, 6.45) is 0.390. The standard InChI is InChI=1S/C20H27N3O5/c1-19(2,3)28-17(26)15-11-21-10-9-20(15)18(27)22(12-16(24)25)13-23(20)14-7-5-4-6-8-14/h4-8,15,21H,9-13H2,1-3H3,(H,24,25)/t15-,20-/m1/s1. The SMILES string of the molecule is CC(C)(C)OC(=O)[C@H]1CNCC[C@]12C(=O)N(CC(=O)O)CN2c1ccccc1. The van der Waals surface area contributed by atoms with Gasteiger partial charge in [0.25, 0.3) is 5.91 Å². The predicted octanol–water partition coefficient (Wildman–Crippen LogP) is 1.07. The fraction of sp³-hybridized carbons (Fsp3) is 0.550. The molecular weight excluding hydrogens is 362 g/mol. The van der Waals surface area contributed by atoms with E-state index in [1.165, 1.54) is 4.90 Å². The lowest BCUT2D eigenvalue weighted by atomic mass is 9.76. The van der Waals surface area contributed by atoms with Crippen LogP contribution in [0, 0.1) is 5.92 Å². The molecule has 0 saturated carbocycles. The molecule has 1 amide bonds. The van der Waals surface area contributed by atoms with Crippen molar-refractivity contribution in [1.29, 1.82) is 0 Å². The summed E-state index contributed by atoms with van der Waals surface area (Å²) in [5.41, 5.74) is -1.07. The van der Waals surface area contributed by atoms with Gasteiger partial charge < -0.3 is 25.0 Å². The molecule has 2 saturated heterocycles. The molecule has 8 nitrogen and oxygen atoms in total. The number of carboxylic acids is 1. The van der Waals surface area contributed by atoms with Crippen molar-refractivity contribution in [3.63, 3.8) is 0 Å². The average molecular weight is 389 g/mol. The summed E-state index contributed by atoms with van der Waals surface area (Å²) in [6, 6.07) is 9.33. The number of amides is 1. The van der Waals surface area contributed by atoms with Crippen LogP contribution in [0.1, 0.15) is 27.2 Å². The van der Waals surface area contributed by atoms with Crippen LogP contribution >= 0.6 is 0 Å². The zero-order chi connectivity index (χ0) is 20.5. The van der Waals surface area contributed by atoms with E-state index in [9.17, 15) is 19.5 Å². The van der Waals surface area contributed by atoms with Crippen LogP contribution < -0.4 is 10.2 Å². The van der Waals surface area contributed by atoms with Gasteiger partial charge in [0, 0.05) is 12.2 Å². The van der Waals surface area contributed by atoms with Gasteiger partial charge in [-0.1, -0.05) is 18.2 Å². The van der Waals surface area contributed by atoms with Crippen LogP contribution in [0.5, 0.6) is 0 Å². The second-order valence-corrected chi connectivity index (χ2v) is 8.27. The third-order valence-electron chi connectivity index (χ3n) is 5.14. The van der Waals surface area contributed by atoms with Gasteiger partial charge in [-0.3, -0.25) is 14.4 Å². The topological polar surface area (TPSA) is 99.2 Å². The Morgan fingerprint density at radius 2 is 1.96 bits per heavy atom. The molecule has 2 atom stereocenters. The van der Waals surface area contributed by atoms with Crippen molar-refractivity contribution in [3.05, 3.63) is 30.3 Å². The van der Waals surface area contributed by atoms with Crippen LogP contribution in [0.3, 0.4) is 0 Å². The van der Waals surface area contributed by atoms with Gasteiger partial charge in [0.1, 0.15) is 23.6 Å². The van der Waals surface area contributed by atoms with E-state index < -0.39 is 35.5 Å². The quantitative estimate of drug-likeness (QED) is 0.743. The number of carbonyl (C=O) groups is 3. The van der Waals surface area contributed by atoms with E-state index in [0.29, 0.717) is 19.5 Å². The molecule has 2 aliphatic heterocycles. The first-order valence-corrected chi connectivity index (χ1v) is 9.42. The van der Waals surface area contributed by atoms with Crippen LogP contribution in [0.25, 0.3) is 0 Å². The van der Waals surface area contributed by atoms with Crippen molar-refractivity contribution in [2.45, 2.75) is 38.3 Å². The number of nitrogens with one attached hydrogen (secondary N) is 1. The normalized spacial score (nSPS) is 25.2. The molecule has 152 valence electrons. The minimum absolute atomic E-state index is 0.119. The summed E-state index contributed by atoms with van der Waals surface area (Å²) in [5.74, 6) is -2.62. The molecule has 28 heavy (non-hydrogen) atoms. The number of esters is 1.